The van der Waals surface area contributed by atoms with Gasteiger partial charge in [0.15, 0.2) is 0 Å². The predicted molar refractivity (Wildman–Crippen MR) is 119 cm³/mol. The van der Waals surface area contributed by atoms with Crippen LogP contribution in [-0.2, 0) is 6.42 Å². The maximum absolute atomic E-state index is 10.2. The lowest BCUT2D eigenvalue weighted by Crippen LogP contribution is -2.32. The summed E-state index contributed by atoms with van der Waals surface area (Å²) < 4.78 is 11.4. The van der Waals surface area contributed by atoms with E-state index in [1.807, 2.05) is 60.7 Å². The van der Waals surface area contributed by atoms with Gasteiger partial charge in [-0.1, -0.05) is 36.4 Å². The number of rotatable bonds is 10. The fraction of sp³-hybridized carbons (Fsp3) is 0.200. The summed E-state index contributed by atoms with van der Waals surface area (Å²) in [7, 11) is 0. The lowest BCUT2D eigenvalue weighted by molar-refractivity contribution is 0.106. The van der Waals surface area contributed by atoms with Gasteiger partial charge in [0.05, 0.1) is 0 Å². The lowest BCUT2D eigenvalue weighted by Gasteiger charge is -2.13. The fourth-order valence-corrected chi connectivity index (χ4v) is 3.31. The zero-order valence-electron chi connectivity index (χ0n) is 16.8. The minimum Gasteiger partial charge on any atom is -0.491 e. The molecule has 1 aromatic heterocycles. The first-order chi connectivity index (χ1) is 14.8. The molecule has 0 saturated carbocycles. The number of para-hydroxylation sites is 2. The van der Waals surface area contributed by atoms with E-state index in [1.54, 1.807) is 0 Å². The molecule has 5 nitrogen and oxygen atoms in total. The molecule has 5 heteroatoms. The van der Waals surface area contributed by atoms with Gasteiger partial charge in [0.25, 0.3) is 0 Å². The van der Waals surface area contributed by atoms with Gasteiger partial charge < -0.3 is 24.9 Å². The summed E-state index contributed by atoms with van der Waals surface area (Å²) in [5.41, 5.74) is 2.43. The Labute approximate surface area is 176 Å². The van der Waals surface area contributed by atoms with Crippen LogP contribution >= 0.6 is 0 Å². The molecule has 0 aliphatic rings. The summed E-state index contributed by atoms with van der Waals surface area (Å²) in [5.74, 6) is 2.24. The van der Waals surface area contributed by atoms with Crippen molar-refractivity contribution in [2.75, 3.05) is 19.7 Å². The SMILES string of the molecule is OC(CNCCc1c[nH]c2ccccc12)COc1ccc(Oc2ccccc2)cc1. The Morgan fingerprint density at radius 3 is 2.37 bits per heavy atom. The smallest absolute Gasteiger partial charge is 0.127 e. The third-order valence-corrected chi connectivity index (χ3v) is 4.87. The van der Waals surface area contributed by atoms with Crippen molar-refractivity contribution in [2.24, 2.45) is 0 Å². The van der Waals surface area contributed by atoms with Crippen LogP contribution in [0, 0.1) is 0 Å². The van der Waals surface area contributed by atoms with Gasteiger partial charge in [0.1, 0.15) is 30.0 Å². The minimum absolute atomic E-state index is 0.235. The standard InChI is InChI=1S/C25H26N2O3/c28-20(17-26-15-14-19-16-27-25-9-5-4-8-24(19)25)18-29-21-10-12-23(13-11-21)30-22-6-2-1-3-7-22/h1-13,16,20,26-28H,14-15,17-18H2. The monoisotopic (exact) mass is 402 g/mol. The molecule has 4 aromatic rings. The van der Waals surface area contributed by atoms with E-state index in [0.717, 1.165) is 30.0 Å². The van der Waals surface area contributed by atoms with Gasteiger partial charge in [-0.05, 0) is 61.0 Å². The molecule has 0 amide bonds. The van der Waals surface area contributed by atoms with Crippen LogP contribution < -0.4 is 14.8 Å². The molecule has 0 spiro atoms. The van der Waals surface area contributed by atoms with Crippen molar-refractivity contribution in [3.8, 4) is 17.2 Å². The number of hydrogen-bond acceptors (Lipinski definition) is 4. The van der Waals surface area contributed by atoms with Crippen LogP contribution in [0.5, 0.6) is 17.2 Å². The molecular weight excluding hydrogens is 376 g/mol. The second-order valence-electron chi connectivity index (χ2n) is 7.16. The van der Waals surface area contributed by atoms with Crippen LogP contribution in [0.2, 0.25) is 0 Å². The number of aliphatic hydroxyl groups is 1. The molecular formula is C25H26N2O3. The molecule has 1 unspecified atom stereocenters. The molecule has 3 aromatic carbocycles. The van der Waals surface area contributed by atoms with E-state index in [2.05, 4.69) is 34.7 Å². The van der Waals surface area contributed by atoms with Crippen molar-refractivity contribution in [3.05, 3.63) is 90.6 Å². The number of nitrogens with one attached hydrogen (secondary N) is 2. The van der Waals surface area contributed by atoms with Crippen molar-refractivity contribution in [2.45, 2.75) is 12.5 Å². The molecule has 30 heavy (non-hydrogen) atoms. The van der Waals surface area contributed by atoms with E-state index in [-0.39, 0.29) is 6.61 Å². The lowest BCUT2D eigenvalue weighted by atomic mass is 10.1. The average molecular weight is 402 g/mol. The maximum Gasteiger partial charge on any atom is 0.127 e. The summed E-state index contributed by atoms with van der Waals surface area (Å²) in [5, 5.41) is 14.7. The Morgan fingerprint density at radius 1 is 0.833 bits per heavy atom. The van der Waals surface area contributed by atoms with Crippen molar-refractivity contribution in [1.29, 1.82) is 0 Å². The average Bonchev–Trinajstić information content (AvgIpc) is 3.20. The van der Waals surface area contributed by atoms with Gasteiger partial charge in [-0.15, -0.1) is 0 Å². The molecule has 1 atom stereocenters. The normalized spacial score (nSPS) is 12.0. The zero-order valence-corrected chi connectivity index (χ0v) is 16.8. The van der Waals surface area contributed by atoms with Gasteiger partial charge in [0.2, 0.25) is 0 Å². The van der Waals surface area contributed by atoms with Crippen molar-refractivity contribution < 1.29 is 14.6 Å². The first-order valence-electron chi connectivity index (χ1n) is 10.2. The zero-order chi connectivity index (χ0) is 20.6. The van der Waals surface area contributed by atoms with Gasteiger partial charge in [-0.3, -0.25) is 0 Å². The van der Waals surface area contributed by atoms with Crippen LogP contribution in [0.15, 0.2) is 85.1 Å². The molecule has 0 fully saturated rings. The highest BCUT2D eigenvalue weighted by molar-refractivity contribution is 5.83. The quantitative estimate of drug-likeness (QED) is 0.341. The number of hydrogen-bond donors (Lipinski definition) is 3. The Kier molecular flexibility index (Phi) is 6.65. The largest absolute Gasteiger partial charge is 0.491 e. The third-order valence-electron chi connectivity index (χ3n) is 4.87. The van der Waals surface area contributed by atoms with Crippen molar-refractivity contribution >= 4 is 10.9 Å². The second kappa shape index (κ2) is 9.96. The Balaban J connectivity index is 1.16. The van der Waals surface area contributed by atoms with Gasteiger partial charge in [0, 0.05) is 23.6 Å². The van der Waals surface area contributed by atoms with E-state index in [1.165, 1.54) is 10.9 Å². The molecule has 1 heterocycles. The highest BCUT2D eigenvalue weighted by atomic mass is 16.5. The van der Waals surface area contributed by atoms with Crippen LogP contribution in [0.1, 0.15) is 5.56 Å². The van der Waals surface area contributed by atoms with E-state index >= 15 is 0 Å². The van der Waals surface area contributed by atoms with E-state index in [4.69, 9.17) is 9.47 Å². The highest BCUT2D eigenvalue weighted by Crippen LogP contribution is 2.23. The summed E-state index contributed by atoms with van der Waals surface area (Å²) in [4.78, 5) is 3.29. The minimum atomic E-state index is -0.576. The second-order valence-corrected chi connectivity index (χ2v) is 7.16. The summed E-state index contributed by atoms with van der Waals surface area (Å²) >= 11 is 0. The first-order valence-corrected chi connectivity index (χ1v) is 10.2. The number of ether oxygens (including phenoxy) is 2. The van der Waals surface area contributed by atoms with Gasteiger partial charge in [-0.2, -0.15) is 0 Å². The van der Waals surface area contributed by atoms with Gasteiger partial charge in [-0.25, -0.2) is 0 Å². The Morgan fingerprint density at radius 2 is 1.53 bits per heavy atom. The van der Waals surface area contributed by atoms with E-state index in [0.29, 0.717) is 12.3 Å². The molecule has 154 valence electrons. The number of aromatic nitrogens is 1. The van der Waals surface area contributed by atoms with Crippen LogP contribution in [0.25, 0.3) is 10.9 Å². The predicted octanol–water partition coefficient (Wildman–Crippen LogP) is 4.53. The summed E-state index contributed by atoms with van der Waals surface area (Å²) in [6.45, 7) is 1.51. The molecule has 0 bridgehead atoms. The van der Waals surface area contributed by atoms with E-state index in [9.17, 15) is 5.11 Å². The molecule has 0 radical (unpaired) electrons. The molecule has 4 rings (SSSR count). The molecule has 0 aliphatic heterocycles. The Hall–Kier alpha value is -3.28. The van der Waals surface area contributed by atoms with Crippen LogP contribution in [0.4, 0.5) is 0 Å². The number of H-pyrrole nitrogens is 1. The maximum atomic E-state index is 10.2. The molecule has 0 saturated heterocycles. The van der Waals surface area contributed by atoms with E-state index < -0.39 is 6.10 Å². The molecule has 0 aliphatic carbocycles. The number of aromatic amines is 1. The first kappa shape index (κ1) is 20.0. The summed E-state index contributed by atoms with van der Waals surface area (Å²) in [6.07, 6.45) is 2.38. The topological polar surface area (TPSA) is 66.5 Å². The Bertz CT molecular complexity index is 1040. The number of aliphatic hydroxyl groups excluding tert-OH is 1. The van der Waals surface area contributed by atoms with Crippen molar-refractivity contribution in [3.63, 3.8) is 0 Å². The number of benzene rings is 3. The highest BCUT2D eigenvalue weighted by Gasteiger charge is 2.07. The third kappa shape index (κ3) is 5.41. The van der Waals surface area contributed by atoms with Crippen LogP contribution in [-0.4, -0.2) is 35.9 Å². The molecule has 3 N–H and O–H groups in total. The van der Waals surface area contributed by atoms with Crippen molar-refractivity contribution in [1.82, 2.24) is 10.3 Å². The summed E-state index contributed by atoms with van der Waals surface area (Å²) in [6, 6.07) is 25.3. The number of fused-ring (bicyclic) bond motifs is 1. The fourth-order valence-electron chi connectivity index (χ4n) is 3.31. The van der Waals surface area contributed by atoms with Crippen LogP contribution in [0.3, 0.4) is 0 Å². The van der Waals surface area contributed by atoms with Gasteiger partial charge >= 0.3 is 0 Å².